The molecule has 132 valence electrons. The molecule has 0 spiro atoms. The van der Waals surface area contributed by atoms with Gasteiger partial charge in [0, 0.05) is 22.4 Å². The number of methoxy groups -OCH3 is 1. The Morgan fingerprint density at radius 1 is 1.23 bits per heavy atom. The highest BCUT2D eigenvalue weighted by atomic mass is 35.5. The molecule has 26 heavy (non-hydrogen) atoms. The van der Waals surface area contributed by atoms with Gasteiger partial charge in [-0.3, -0.25) is 0 Å². The summed E-state index contributed by atoms with van der Waals surface area (Å²) in [6, 6.07) is 12.8. The number of hydrogen-bond acceptors (Lipinski definition) is 4. The molecule has 8 heteroatoms. The van der Waals surface area contributed by atoms with Gasteiger partial charge in [-0.1, -0.05) is 41.4 Å². The fourth-order valence-electron chi connectivity index (χ4n) is 2.30. The fourth-order valence-corrected chi connectivity index (χ4v) is 2.97. The van der Waals surface area contributed by atoms with Crippen LogP contribution in [0.3, 0.4) is 0 Å². The topological polar surface area (TPSA) is 55.2 Å². The predicted molar refractivity (Wildman–Crippen MR) is 109 cm³/mol. The third-order valence-electron chi connectivity index (χ3n) is 3.51. The van der Waals surface area contributed by atoms with E-state index >= 15 is 0 Å². The van der Waals surface area contributed by atoms with Crippen LogP contribution >= 0.6 is 35.4 Å². The van der Waals surface area contributed by atoms with E-state index in [2.05, 4.69) is 15.3 Å². The number of para-hydroxylation sites is 1. The second-order valence-electron chi connectivity index (χ2n) is 5.15. The van der Waals surface area contributed by atoms with Crippen molar-refractivity contribution in [1.82, 2.24) is 14.9 Å². The van der Waals surface area contributed by atoms with Crippen LogP contribution in [-0.4, -0.2) is 28.2 Å². The molecular weight excluding hydrogens is 391 g/mol. The van der Waals surface area contributed by atoms with Crippen LogP contribution in [0.1, 0.15) is 5.56 Å². The van der Waals surface area contributed by atoms with Crippen LogP contribution in [0.15, 0.2) is 53.6 Å². The molecule has 2 aromatic carbocycles. The van der Waals surface area contributed by atoms with Crippen molar-refractivity contribution in [2.75, 3.05) is 7.11 Å². The zero-order chi connectivity index (χ0) is 18.5. The Hall–Kier alpha value is -2.41. The van der Waals surface area contributed by atoms with Crippen molar-refractivity contribution in [1.29, 1.82) is 0 Å². The number of nitrogens with zero attached hydrogens (tertiary/aromatic N) is 3. The van der Waals surface area contributed by atoms with Crippen LogP contribution in [0.5, 0.6) is 5.75 Å². The number of hydrogen-bond donors (Lipinski definition) is 1. The summed E-state index contributed by atoms with van der Waals surface area (Å²) in [5.41, 5.74) is 1.62. The molecule has 0 aliphatic rings. The smallest absolute Gasteiger partial charge is 0.216 e. The van der Waals surface area contributed by atoms with Gasteiger partial charge < -0.3 is 4.74 Å². The van der Waals surface area contributed by atoms with Gasteiger partial charge in [-0.15, -0.1) is 0 Å². The molecule has 1 heterocycles. The van der Waals surface area contributed by atoms with E-state index in [4.69, 9.17) is 40.2 Å². The van der Waals surface area contributed by atoms with E-state index in [0.29, 0.717) is 26.2 Å². The van der Waals surface area contributed by atoms with Gasteiger partial charge in [0.05, 0.1) is 12.1 Å². The minimum Gasteiger partial charge on any atom is -0.496 e. The third-order valence-corrected chi connectivity index (χ3v) is 4.32. The maximum atomic E-state index is 6.25. The monoisotopic (exact) mass is 404 g/mol. The Morgan fingerprint density at radius 3 is 2.81 bits per heavy atom. The summed E-state index contributed by atoms with van der Waals surface area (Å²) in [6.07, 6.45) is 5.30. The van der Waals surface area contributed by atoms with Gasteiger partial charge in [0.2, 0.25) is 4.77 Å². The summed E-state index contributed by atoms with van der Waals surface area (Å²) in [6.45, 7) is 0. The Balaban J connectivity index is 1.89. The average Bonchev–Trinajstić information content (AvgIpc) is 2.99. The number of ether oxygens (including phenoxy) is 1. The predicted octanol–water partition coefficient (Wildman–Crippen LogP) is 5.47. The maximum Gasteiger partial charge on any atom is 0.216 e. The molecule has 0 saturated heterocycles. The van der Waals surface area contributed by atoms with E-state index in [-0.39, 0.29) is 0 Å². The van der Waals surface area contributed by atoms with Gasteiger partial charge in [0.25, 0.3) is 0 Å². The lowest BCUT2D eigenvalue weighted by Crippen LogP contribution is -1.94. The van der Waals surface area contributed by atoms with E-state index < -0.39 is 0 Å². The number of benzene rings is 2. The Labute approximate surface area is 165 Å². The van der Waals surface area contributed by atoms with Crippen molar-refractivity contribution < 1.29 is 4.74 Å². The quantitative estimate of drug-likeness (QED) is 0.452. The highest BCUT2D eigenvalue weighted by Crippen LogP contribution is 2.29. The molecule has 0 amide bonds. The second-order valence-corrected chi connectivity index (χ2v) is 6.38. The van der Waals surface area contributed by atoms with E-state index in [1.54, 1.807) is 37.6 Å². The molecule has 1 aromatic heterocycles. The third kappa shape index (κ3) is 4.04. The number of aromatic nitrogens is 3. The zero-order valence-corrected chi connectivity index (χ0v) is 16.0. The molecular formula is C18H14Cl2N4OS. The number of nitrogens with one attached hydrogen (secondary N) is 1. The molecule has 0 aliphatic heterocycles. The lowest BCUT2D eigenvalue weighted by molar-refractivity contribution is 0.414. The lowest BCUT2D eigenvalue weighted by atomic mass is 10.2. The first kappa shape index (κ1) is 18.4. The average molecular weight is 405 g/mol. The van der Waals surface area contributed by atoms with Crippen molar-refractivity contribution >= 4 is 47.7 Å². The number of halogens is 2. The van der Waals surface area contributed by atoms with Crippen molar-refractivity contribution in [2.45, 2.75) is 0 Å². The largest absolute Gasteiger partial charge is 0.496 e. The van der Waals surface area contributed by atoms with Crippen molar-refractivity contribution in [3.63, 3.8) is 0 Å². The Kier molecular flexibility index (Phi) is 5.88. The SMILES string of the molecule is COc1ccccc1/C=C\C=N/n1c(-c2ccc(Cl)cc2Cl)n[nH]c1=S. The molecule has 1 N–H and O–H groups in total. The van der Waals surface area contributed by atoms with Gasteiger partial charge in [-0.2, -0.15) is 14.9 Å². The van der Waals surface area contributed by atoms with Crippen LogP contribution in [0.25, 0.3) is 17.5 Å². The lowest BCUT2D eigenvalue weighted by Gasteiger charge is -2.04. The molecule has 0 atom stereocenters. The first-order valence-corrected chi connectivity index (χ1v) is 8.73. The van der Waals surface area contributed by atoms with Crippen LogP contribution < -0.4 is 4.74 Å². The van der Waals surface area contributed by atoms with Gasteiger partial charge in [0.15, 0.2) is 5.82 Å². The fraction of sp³-hybridized carbons (Fsp3) is 0.0556. The Morgan fingerprint density at radius 2 is 2.04 bits per heavy atom. The van der Waals surface area contributed by atoms with Crippen LogP contribution in [0.2, 0.25) is 10.0 Å². The van der Waals surface area contributed by atoms with Crippen molar-refractivity contribution in [3.05, 3.63) is 68.9 Å². The van der Waals surface area contributed by atoms with E-state index in [1.807, 2.05) is 30.3 Å². The summed E-state index contributed by atoms with van der Waals surface area (Å²) in [5, 5.41) is 12.3. The van der Waals surface area contributed by atoms with E-state index in [1.165, 1.54) is 4.68 Å². The van der Waals surface area contributed by atoms with Gasteiger partial charge in [-0.05, 0) is 48.6 Å². The molecule has 0 fully saturated rings. The molecule has 0 aliphatic carbocycles. The molecule has 5 nitrogen and oxygen atoms in total. The van der Waals surface area contributed by atoms with E-state index in [0.717, 1.165) is 11.3 Å². The number of aromatic amines is 1. The zero-order valence-electron chi connectivity index (χ0n) is 13.7. The number of rotatable bonds is 5. The summed E-state index contributed by atoms with van der Waals surface area (Å²) >= 11 is 17.4. The number of allylic oxidation sites excluding steroid dienone is 1. The molecule has 3 rings (SSSR count). The molecule has 0 bridgehead atoms. The van der Waals surface area contributed by atoms with Crippen LogP contribution in [0, 0.1) is 4.77 Å². The van der Waals surface area contributed by atoms with Gasteiger partial charge >= 0.3 is 0 Å². The summed E-state index contributed by atoms with van der Waals surface area (Å²) in [5.74, 6) is 1.28. The highest BCUT2D eigenvalue weighted by Gasteiger charge is 2.12. The summed E-state index contributed by atoms with van der Waals surface area (Å²) in [7, 11) is 1.63. The minimum absolute atomic E-state index is 0.355. The van der Waals surface area contributed by atoms with Crippen LogP contribution in [-0.2, 0) is 0 Å². The summed E-state index contributed by atoms with van der Waals surface area (Å²) < 4.78 is 7.16. The minimum atomic E-state index is 0.355. The van der Waals surface area contributed by atoms with Gasteiger partial charge in [0.1, 0.15) is 5.75 Å². The highest BCUT2D eigenvalue weighted by molar-refractivity contribution is 7.71. The summed E-state index contributed by atoms with van der Waals surface area (Å²) in [4.78, 5) is 0. The number of H-pyrrole nitrogens is 1. The van der Waals surface area contributed by atoms with Gasteiger partial charge in [-0.25, -0.2) is 5.10 Å². The first-order valence-electron chi connectivity index (χ1n) is 7.57. The van der Waals surface area contributed by atoms with E-state index in [9.17, 15) is 0 Å². The molecule has 3 aromatic rings. The Bertz CT molecular complexity index is 1040. The van der Waals surface area contributed by atoms with Crippen LogP contribution in [0.4, 0.5) is 0 Å². The normalized spacial score (nSPS) is 11.5. The van der Waals surface area contributed by atoms with Crippen molar-refractivity contribution in [3.8, 4) is 17.1 Å². The second kappa shape index (κ2) is 8.31. The molecule has 0 unspecified atom stereocenters. The molecule has 0 radical (unpaired) electrons. The first-order chi connectivity index (χ1) is 12.6. The standard InChI is InChI=1S/C18H14Cl2N4OS/c1-25-16-7-3-2-5-12(16)6-4-10-21-24-17(22-23-18(24)26)14-9-8-13(19)11-15(14)20/h2-11H,1H3,(H,23,26)/b6-4-,21-10-. The maximum absolute atomic E-state index is 6.25. The van der Waals surface area contributed by atoms with Crippen molar-refractivity contribution in [2.24, 2.45) is 5.10 Å². The molecule has 0 saturated carbocycles.